The van der Waals surface area contributed by atoms with Gasteiger partial charge in [0.15, 0.2) is 0 Å². The summed E-state index contributed by atoms with van der Waals surface area (Å²) in [6, 6.07) is 10.1. The van der Waals surface area contributed by atoms with E-state index >= 15 is 0 Å². The van der Waals surface area contributed by atoms with Gasteiger partial charge < -0.3 is 16.0 Å². The molecule has 3 heterocycles. The highest BCUT2D eigenvalue weighted by atomic mass is 16.2. The summed E-state index contributed by atoms with van der Waals surface area (Å²) in [4.78, 5) is 24.5. The molecule has 32 heavy (non-hydrogen) atoms. The van der Waals surface area contributed by atoms with Crippen molar-refractivity contribution >= 4 is 39.8 Å². The van der Waals surface area contributed by atoms with Gasteiger partial charge in [0.1, 0.15) is 5.65 Å². The Balaban J connectivity index is 1.67. The fourth-order valence-electron chi connectivity index (χ4n) is 3.94. The number of unbranched alkanes of at least 4 members (excludes halogenated alkanes) is 1. The number of aliphatic imine (C=N–C) groups is 1. The highest BCUT2D eigenvalue weighted by Crippen LogP contribution is 2.27. The zero-order valence-electron chi connectivity index (χ0n) is 18.4. The quantitative estimate of drug-likeness (QED) is 0.299. The molecule has 0 saturated carbocycles. The second-order valence-electron chi connectivity index (χ2n) is 7.74. The minimum absolute atomic E-state index is 0.0924. The summed E-state index contributed by atoms with van der Waals surface area (Å²) >= 11 is 0. The molecule has 164 valence electrons. The van der Waals surface area contributed by atoms with Crippen LogP contribution in [-0.4, -0.2) is 40.4 Å². The van der Waals surface area contributed by atoms with Crippen LogP contribution in [0.2, 0.25) is 0 Å². The van der Waals surface area contributed by atoms with Crippen molar-refractivity contribution in [3.8, 4) is 0 Å². The Morgan fingerprint density at radius 3 is 2.94 bits per heavy atom. The number of pyridine rings is 1. The van der Waals surface area contributed by atoms with Gasteiger partial charge in [0.25, 0.3) is 0 Å². The lowest BCUT2D eigenvalue weighted by Gasteiger charge is -2.08. The molecule has 0 saturated heterocycles. The van der Waals surface area contributed by atoms with Crippen LogP contribution in [0.4, 0.5) is 4.79 Å². The molecule has 1 amide bonds. The van der Waals surface area contributed by atoms with Gasteiger partial charge in [0, 0.05) is 72.9 Å². The van der Waals surface area contributed by atoms with Crippen LogP contribution >= 0.6 is 0 Å². The van der Waals surface area contributed by atoms with Crippen LogP contribution in [0.3, 0.4) is 0 Å². The van der Waals surface area contributed by atoms with E-state index in [9.17, 15) is 4.79 Å². The third kappa shape index (κ3) is 4.14. The van der Waals surface area contributed by atoms with Crippen LogP contribution in [-0.2, 0) is 6.42 Å². The van der Waals surface area contributed by atoms with Crippen molar-refractivity contribution in [2.45, 2.75) is 26.2 Å². The number of fused-ring (bicyclic) bond motifs is 2. The molecule has 1 aromatic carbocycles. The van der Waals surface area contributed by atoms with E-state index in [1.165, 1.54) is 6.20 Å². The van der Waals surface area contributed by atoms with E-state index in [-0.39, 0.29) is 6.03 Å². The number of rotatable bonds is 7. The van der Waals surface area contributed by atoms with Crippen LogP contribution < -0.4 is 11.1 Å². The maximum atomic E-state index is 12.6. The third-order valence-electron chi connectivity index (χ3n) is 5.63. The lowest BCUT2D eigenvalue weighted by molar-refractivity contribution is 0.243. The standard InChI is InChI=1S/C25H28N6O/c1-3-4-9-28-25(32)31-10-8-21-17(6-5-7-23(21)31)11-19-16-30-24-22(19)12-18(15-29-24)20(13-26)14-27-2/h5-8,10,12-16H,3-4,9,11,26H2,1-2H3,(H,28,32)(H,29,30). The lowest BCUT2D eigenvalue weighted by Crippen LogP contribution is -2.28. The molecular formula is C25H28N6O. The number of aromatic nitrogens is 3. The molecule has 3 aromatic heterocycles. The van der Waals surface area contributed by atoms with Crippen molar-refractivity contribution in [2.75, 3.05) is 13.6 Å². The SMILES string of the molecule is CCCCNC(=O)n1ccc2c(Cc3c[nH]c4ncc(C(C=NC)=CN)cc34)cccc21. The average Bonchev–Trinajstić information content (AvgIpc) is 3.42. The monoisotopic (exact) mass is 428 g/mol. The van der Waals surface area contributed by atoms with E-state index in [0.29, 0.717) is 13.0 Å². The Labute approximate surface area is 187 Å². The van der Waals surface area contributed by atoms with Crippen LogP contribution in [0.1, 0.15) is 36.5 Å². The first kappa shape index (κ1) is 21.4. The van der Waals surface area contributed by atoms with Gasteiger partial charge in [0.05, 0.1) is 5.52 Å². The van der Waals surface area contributed by atoms with E-state index in [0.717, 1.165) is 57.0 Å². The smallest absolute Gasteiger partial charge is 0.326 e. The number of benzene rings is 1. The van der Waals surface area contributed by atoms with Gasteiger partial charge in [-0.1, -0.05) is 25.5 Å². The van der Waals surface area contributed by atoms with E-state index in [1.54, 1.807) is 24.0 Å². The van der Waals surface area contributed by atoms with Gasteiger partial charge in [-0.25, -0.2) is 9.78 Å². The summed E-state index contributed by atoms with van der Waals surface area (Å²) in [5.41, 5.74) is 11.5. The summed E-state index contributed by atoms with van der Waals surface area (Å²) < 4.78 is 1.69. The third-order valence-corrected chi connectivity index (χ3v) is 5.63. The summed E-state index contributed by atoms with van der Waals surface area (Å²) in [5.74, 6) is 0. The number of nitrogens with one attached hydrogen (secondary N) is 2. The molecule has 0 aliphatic heterocycles. The predicted octanol–water partition coefficient (Wildman–Crippen LogP) is 4.47. The molecule has 4 N–H and O–H groups in total. The largest absolute Gasteiger partial charge is 0.404 e. The molecule has 0 atom stereocenters. The zero-order chi connectivity index (χ0) is 22.5. The van der Waals surface area contributed by atoms with Crippen molar-refractivity contribution < 1.29 is 4.79 Å². The van der Waals surface area contributed by atoms with E-state index < -0.39 is 0 Å². The summed E-state index contributed by atoms with van der Waals surface area (Å²) in [6.07, 6.45) is 11.6. The zero-order valence-corrected chi connectivity index (χ0v) is 18.4. The van der Waals surface area contributed by atoms with Gasteiger partial charge in [0.2, 0.25) is 0 Å². The van der Waals surface area contributed by atoms with E-state index in [1.807, 2.05) is 30.6 Å². The molecule has 0 aliphatic carbocycles. The van der Waals surface area contributed by atoms with E-state index in [2.05, 4.69) is 39.3 Å². The fraction of sp³-hybridized carbons (Fsp3) is 0.240. The molecule has 0 radical (unpaired) electrons. The van der Waals surface area contributed by atoms with Crippen molar-refractivity contribution in [1.82, 2.24) is 19.9 Å². The minimum Gasteiger partial charge on any atom is -0.404 e. The number of aromatic amines is 1. The molecule has 0 fully saturated rings. The van der Waals surface area contributed by atoms with Crippen molar-refractivity contribution in [3.05, 3.63) is 71.8 Å². The molecule has 4 aromatic rings. The van der Waals surface area contributed by atoms with Gasteiger partial charge >= 0.3 is 6.03 Å². The normalized spacial score (nSPS) is 12.2. The molecule has 7 heteroatoms. The second-order valence-corrected chi connectivity index (χ2v) is 7.74. The molecule has 7 nitrogen and oxygen atoms in total. The number of hydrogen-bond acceptors (Lipinski definition) is 4. The van der Waals surface area contributed by atoms with Crippen LogP contribution in [0, 0.1) is 0 Å². The van der Waals surface area contributed by atoms with Gasteiger partial charge in [-0.05, 0) is 35.7 Å². The summed E-state index contributed by atoms with van der Waals surface area (Å²) in [5, 5.41) is 5.09. The first-order valence-electron chi connectivity index (χ1n) is 10.8. The summed E-state index contributed by atoms with van der Waals surface area (Å²) in [7, 11) is 1.72. The molecule has 4 rings (SSSR count). The highest BCUT2D eigenvalue weighted by Gasteiger charge is 2.13. The Morgan fingerprint density at radius 2 is 2.16 bits per heavy atom. The predicted molar refractivity (Wildman–Crippen MR) is 131 cm³/mol. The van der Waals surface area contributed by atoms with Crippen molar-refractivity contribution in [3.63, 3.8) is 0 Å². The van der Waals surface area contributed by atoms with Gasteiger partial charge in [-0.2, -0.15) is 0 Å². The maximum absolute atomic E-state index is 12.6. The van der Waals surface area contributed by atoms with Gasteiger partial charge in [-0.15, -0.1) is 0 Å². The van der Waals surface area contributed by atoms with E-state index in [4.69, 9.17) is 5.73 Å². The van der Waals surface area contributed by atoms with Crippen LogP contribution in [0.25, 0.3) is 27.5 Å². The van der Waals surface area contributed by atoms with Crippen LogP contribution in [0.15, 0.2) is 60.1 Å². The Morgan fingerprint density at radius 1 is 1.28 bits per heavy atom. The number of carbonyl (C=O) groups excluding carboxylic acids is 1. The Bertz CT molecular complexity index is 1310. The number of nitrogens with zero attached hydrogens (tertiary/aromatic N) is 3. The molecule has 0 aliphatic rings. The number of nitrogens with two attached hydrogens (primary N) is 1. The number of H-pyrrole nitrogens is 1. The molecular weight excluding hydrogens is 400 g/mol. The molecule has 0 spiro atoms. The first-order valence-corrected chi connectivity index (χ1v) is 10.8. The number of hydrogen-bond donors (Lipinski definition) is 3. The summed E-state index contributed by atoms with van der Waals surface area (Å²) in [6.45, 7) is 2.79. The molecule has 0 bridgehead atoms. The Kier molecular flexibility index (Phi) is 6.35. The van der Waals surface area contributed by atoms with Crippen molar-refractivity contribution in [1.29, 1.82) is 0 Å². The second kappa shape index (κ2) is 9.51. The first-order chi connectivity index (χ1) is 15.7. The van der Waals surface area contributed by atoms with Crippen molar-refractivity contribution in [2.24, 2.45) is 10.7 Å². The number of amides is 1. The lowest BCUT2D eigenvalue weighted by atomic mass is 10.0. The fourth-order valence-corrected chi connectivity index (χ4v) is 3.94. The number of carbonyl (C=O) groups is 1. The average molecular weight is 429 g/mol. The topological polar surface area (TPSA) is 101 Å². The maximum Gasteiger partial charge on any atom is 0.326 e. The minimum atomic E-state index is -0.0924. The number of allylic oxidation sites excluding steroid dienone is 1. The van der Waals surface area contributed by atoms with Gasteiger partial charge in [-0.3, -0.25) is 9.56 Å². The Hall–Kier alpha value is -3.87. The highest BCUT2D eigenvalue weighted by molar-refractivity contribution is 6.10. The molecule has 0 unspecified atom stereocenters. The van der Waals surface area contributed by atoms with Crippen LogP contribution in [0.5, 0.6) is 0 Å².